The van der Waals surface area contributed by atoms with Gasteiger partial charge in [0.05, 0.1) is 54.6 Å². The smallest absolute Gasteiger partial charge is 0.318 e. The fraction of sp³-hybridized carbons (Fsp3) is 0.533. The Kier molecular flexibility index (Phi) is 4.78. The maximum Gasteiger partial charge on any atom is 0.318 e. The number of urea groups is 1. The first kappa shape index (κ1) is 15.9. The van der Waals surface area contributed by atoms with Crippen molar-refractivity contribution in [2.45, 2.75) is 25.2 Å². The Balaban J connectivity index is 1.65. The molecule has 7 heteroatoms. The van der Waals surface area contributed by atoms with Crippen molar-refractivity contribution >= 4 is 29.2 Å². The van der Waals surface area contributed by atoms with Crippen molar-refractivity contribution in [3.63, 3.8) is 0 Å². The van der Waals surface area contributed by atoms with E-state index in [1.807, 2.05) is 19.1 Å². The number of nitrogens with one attached hydrogen (secondary N) is 1. The van der Waals surface area contributed by atoms with Gasteiger partial charge in [0, 0.05) is 0 Å². The number of nitrogens with zero attached hydrogens (tertiary/aromatic N) is 1. The standard InChI is InChI=1S/C15H18Cl2N2O3/c1-9(12-3-2-4-13(16)14(12)17)18-15(20)19-5-10-7-21-8-11(6-19)22-10/h2-4,9-11H,5-8H2,1H3,(H,18,20). The maximum atomic E-state index is 12.5. The number of amides is 2. The Labute approximate surface area is 139 Å². The van der Waals surface area contributed by atoms with Crippen molar-refractivity contribution in [2.24, 2.45) is 0 Å². The molecule has 2 saturated heterocycles. The molecule has 2 fully saturated rings. The molecule has 0 spiro atoms. The maximum absolute atomic E-state index is 12.5. The van der Waals surface area contributed by atoms with Crippen molar-refractivity contribution in [1.29, 1.82) is 0 Å². The minimum atomic E-state index is -0.224. The van der Waals surface area contributed by atoms with Crippen LogP contribution < -0.4 is 5.32 Å². The Morgan fingerprint density at radius 1 is 1.32 bits per heavy atom. The van der Waals surface area contributed by atoms with Crippen LogP contribution in [0.25, 0.3) is 0 Å². The minimum absolute atomic E-state index is 0.0386. The fourth-order valence-corrected chi connectivity index (χ4v) is 3.29. The molecule has 120 valence electrons. The van der Waals surface area contributed by atoms with Crippen LogP contribution in [0.2, 0.25) is 10.0 Å². The van der Waals surface area contributed by atoms with Crippen LogP contribution in [0.1, 0.15) is 18.5 Å². The molecular formula is C15H18Cl2N2O3. The summed E-state index contributed by atoms with van der Waals surface area (Å²) in [6.45, 7) is 4.04. The van der Waals surface area contributed by atoms with E-state index in [0.717, 1.165) is 5.56 Å². The van der Waals surface area contributed by atoms with Gasteiger partial charge < -0.3 is 19.7 Å². The quantitative estimate of drug-likeness (QED) is 0.897. The van der Waals surface area contributed by atoms with Gasteiger partial charge in [-0.15, -0.1) is 0 Å². The van der Waals surface area contributed by atoms with E-state index in [9.17, 15) is 4.79 Å². The van der Waals surface area contributed by atoms with Gasteiger partial charge in [-0.05, 0) is 18.6 Å². The molecule has 5 nitrogen and oxygen atoms in total. The number of carbonyl (C=O) groups excluding carboxylic acids is 1. The first-order chi connectivity index (χ1) is 10.5. The van der Waals surface area contributed by atoms with E-state index < -0.39 is 0 Å². The van der Waals surface area contributed by atoms with Crippen LogP contribution >= 0.6 is 23.2 Å². The number of fused-ring (bicyclic) bond motifs is 2. The Hall–Kier alpha value is -1.01. The first-order valence-corrected chi connectivity index (χ1v) is 8.02. The summed E-state index contributed by atoms with van der Waals surface area (Å²) in [6.07, 6.45) is -0.0772. The minimum Gasteiger partial charge on any atom is -0.376 e. The average Bonchev–Trinajstić information content (AvgIpc) is 2.49. The number of rotatable bonds is 2. The Bertz CT molecular complexity index is 558. The third kappa shape index (κ3) is 3.33. The molecular weight excluding hydrogens is 327 g/mol. The van der Waals surface area contributed by atoms with E-state index in [1.54, 1.807) is 11.0 Å². The molecule has 0 aliphatic carbocycles. The van der Waals surface area contributed by atoms with Crippen LogP contribution in [-0.4, -0.2) is 49.4 Å². The summed E-state index contributed by atoms with van der Waals surface area (Å²) in [7, 11) is 0. The largest absolute Gasteiger partial charge is 0.376 e. The molecule has 0 saturated carbocycles. The van der Waals surface area contributed by atoms with Gasteiger partial charge in [0.25, 0.3) is 0 Å². The summed E-state index contributed by atoms with van der Waals surface area (Å²) >= 11 is 12.2. The zero-order valence-corrected chi connectivity index (χ0v) is 13.7. The van der Waals surface area contributed by atoms with E-state index in [0.29, 0.717) is 36.3 Å². The van der Waals surface area contributed by atoms with E-state index in [-0.39, 0.29) is 24.3 Å². The third-order valence-electron chi connectivity index (χ3n) is 3.92. The lowest BCUT2D eigenvalue weighted by Crippen LogP contribution is -2.57. The SMILES string of the molecule is CC(NC(=O)N1CC2COCC(C1)O2)c1cccc(Cl)c1Cl. The van der Waals surface area contributed by atoms with Crippen molar-refractivity contribution in [3.8, 4) is 0 Å². The molecule has 2 amide bonds. The van der Waals surface area contributed by atoms with Crippen LogP contribution in [0.4, 0.5) is 4.79 Å². The highest BCUT2D eigenvalue weighted by molar-refractivity contribution is 6.42. The van der Waals surface area contributed by atoms with E-state index in [2.05, 4.69) is 5.32 Å². The van der Waals surface area contributed by atoms with Crippen LogP contribution in [0.5, 0.6) is 0 Å². The highest BCUT2D eigenvalue weighted by atomic mass is 35.5. The molecule has 0 radical (unpaired) electrons. The first-order valence-electron chi connectivity index (χ1n) is 7.27. The molecule has 0 aromatic heterocycles. The summed E-state index contributed by atoms with van der Waals surface area (Å²) in [5.41, 5.74) is 0.805. The topological polar surface area (TPSA) is 50.8 Å². The highest BCUT2D eigenvalue weighted by Crippen LogP contribution is 2.30. The molecule has 3 rings (SSSR count). The normalized spacial score (nSPS) is 25.7. The van der Waals surface area contributed by atoms with Gasteiger partial charge in [-0.25, -0.2) is 4.79 Å². The van der Waals surface area contributed by atoms with Gasteiger partial charge in [-0.3, -0.25) is 0 Å². The molecule has 2 aliphatic heterocycles. The molecule has 1 N–H and O–H groups in total. The number of hydrogen-bond donors (Lipinski definition) is 1. The van der Waals surface area contributed by atoms with Gasteiger partial charge in [-0.1, -0.05) is 35.3 Å². The highest BCUT2D eigenvalue weighted by Gasteiger charge is 2.34. The summed E-state index contributed by atoms with van der Waals surface area (Å²) < 4.78 is 11.2. The number of halogens is 2. The number of morpholine rings is 1. The monoisotopic (exact) mass is 344 g/mol. The van der Waals surface area contributed by atoms with Crippen molar-refractivity contribution in [1.82, 2.24) is 10.2 Å². The average molecular weight is 345 g/mol. The van der Waals surface area contributed by atoms with Crippen LogP contribution in [0.15, 0.2) is 18.2 Å². The van der Waals surface area contributed by atoms with Gasteiger partial charge in [-0.2, -0.15) is 0 Å². The summed E-state index contributed by atoms with van der Waals surface area (Å²) in [5, 5.41) is 3.93. The molecule has 3 unspecified atom stereocenters. The van der Waals surface area contributed by atoms with Gasteiger partial charge >= 0.3 is 6.03 Å². The summed E-state index contributed by atoms with van der Waals surface area (Å²) in [6, 6.07) is 5.07. The lowest BCUT2D eigenvalue weighted by atomic mass is 10.1. The molecule has 2 bridgehead atoms. The van der Waals surface area contributed by atoms with Gasteiger partial charge in [0.1, 0.15) is 0 Å². The zero-order chi connectivity index (χ0) is 15.7. The number of carbonyl (C=O) groups is 1. The zero-order valence-electron chi connectivity index (χ0n) is 12.2. The molecule has 1 aromatic carbocycles. The Morgan fingerprint density at radius 2 is 2.00 bits per heavy atom. The molecule has 2 heterocycles. The second-order valence-electron chi connectivity index (χ2n) is 5.64. The molecule has 2 aliphatic rings. The van der Waals surface area contributed by atoms with Crippen LogP contribution in [0, 0.1) is 0 Å². The molecule has 3 atom stereocenters. The van der Waals surface area contributed by atoms with Gasteiger partial charge in [0.2, 0.25) is 0 Å². The van der Waals surface area contributed by atoms with Crippen LogP contribution in [-0.2, 0) is 9.47 Å². The second kappa shape index (κ2) is 6.62. The summed E-state index contributed by atoms with van der Waals surface area (Å²) in [5.74, 6) is 0. The predicted octanol–water partition coefficient (Wildman–Crippen LogP) is 2.86. The van der Waals surface area contributed by atoms with Crippen molar-refractivity contribution in [3.05, 3.63) is 33.8 Å². The lowest BCUT2D eigenvalue weighted by molar-refractivity contribution is -0.171. The lowest BCUT2D eigenvalue weighted by Gasteiger charge is -2.41. The summed E-state index contributed by atoms with van der Waals surface area (Å²) in [4.78, 5) is 14.2. The van der Waals surface area contributed by atoms with Crippen molar-refractivity contribution < 1.29 is 14.3 Å². The number of hydrogen-bond acceptors (Lipinski definition) is 3. The van der Waals surface area contributed by atoms with E-state index in [1.165, 1.54) is 0 Å². The predicted molar refractivity (Wildman–Crippen MR) is 84.5 cm³/mol. The molecule has 22 heavy (non-hydrogen) atoms. The van der Waals surface area contributed by atoms with Gasteiger partial charge in [0.15, 0.2) is 0 Å². The number of benzene rings is 1. The van der Waals surface area contributed by atoms with E-state index in [4.69, 9.17) is 32.7 Å². The second-order valence-corrected chi connectivity index (χ2v) is 6.42. The molecule has 1 aromatic rings. The fourth-order valence-electron chi connectivity index (χ4n) is 2.81. The Morgan fingerprint density at radius 3 is 2.68 bits per heavy atom. The van der Waals surface area contributed by atoms with Crippen LogP contribution in [0.3, 0.4) is 0 Å². The van der Waals surface area contributed by atoms with Crippen molar-refractivity contribution in [2.75, 3.05) is 26.3 Å². The van der Waals surface area contributed by atoms with E-state index >= 15 is 0 Å². The third-order valence-corrected chi connectivity index (χ3v) is 4.75. The number of ether oxygens (including phenoxy) is 2.